The molecule has 0 saturated carbocycles. The number of unbranched alkanes of at least 4 members (excludes halogenated alkanes) is 1. The number of hydrogen-bond donors (Lipinski definition) is 1. The minimum atomic E-state index is -0.460. The molecular formula is C24H29N3O3. The average Bonchev–Trinajstić information content (AvgIpc) is 2.76. The van der Waals surface area contributed by atoms with E-state index in [0.29, 0.717) is 23.0 Å². The summed E-state index contributed by atoms with van der Waals surface area (Å²) in [6.07, 6.45) is 3.93. The van der Waals surface area contributed by atoms with Crippen LogP contribution in [0, 0.1) is 0 Å². The second kappa shape index (κ2) is 9.57. The van der Waals surface area contributed by atoms with Crippen LogP contribution in [0.15, 0.2) is 58.1 Å². The second-order valence-electron chi connectivity index (χ2n) is 7.67. The summed E-state index contributed by atoms with van der Waals surface area (Å²) < 4.78 is 2.63. The maximum atomic E-state index is 13.1. The molecule has 0 radical (unpaired) electrons. The van der Waals surface area contributed by atoms with E-state index >= 15 is 0 Å². The molecule has 0 aliphatic rings. The Morgan fingerprint density at radius 1 is 1.03 bits per heavy atom. The van der Waals surface area contributed by atoms with Crippen LogP contribution in [0.4, 0.5) is 5.69 Å². The molecule has 0 unspecified atom stereocenters. The van der Waals surface area contributed by atoms with Crippen molar-refractivity contribution in [1.29, 1.82) is 0 Å². The zero-order valence-electron chi connectivity index (χ0n) is 17.9. The SMILES string of the molecule is CCCCc1ccc(NC(=O)Cn2c(=O)n([C@@H](C)CC)c(=O)c3ccccc32)cc1. The van der Waals surface area contributed by atoms with E-state index in [1.807, 2.05) is 38.1 Å². The standard InChI is InChI=1S/C24H29N3O3/c1-4-6-9-18-12-14-19(15-13-18)25-22(28)16-26-21-11-8-7-10-20(21)23(29)27(24(26)30)17(3)5-2/h7-8,10-15,17H,4-6,9,16H2,1-3H3,(H,25,28)/t17-/m0/s1. The molecule has 1 heterocycles. The summed E-state index contributed by atoms with van der Waals surface area (Å²) in [4.78, 5) is 38.6. The molecule has 1 aromatic heterocycles. The van der Waals surface area contributed by atoms with Crippen molar-refractivity contribution in [2.45, 2.75) is 59.0 Å². The van der Waals surface area contributed by atoms with Gasteiger partial charge in [-0.3, -0.25) is 18.7 Å². The molecule has 0 fully saturated rings. The summed E-state index contributed by atoms with van der Waals surface area (Å²) in [6, 6.07) is 14.4. The van der Waals surface area contributed by atoms with Crippen molar-refractivity contribution in [3.63, 3.8) is 0 Å². The Hall–Kier alpha value is -3.15. The third-order valence-corrected chi connectivity index (χ3v) is 5.47. The van der Waals surface area contributed by atoms with E-state index in [4.69, 9.17) is 0 Å². The monoisotopic (exact) mass is 407 g/mol. The fourth-order valence-corrected chi connectivity index (χ4v) is 3.54. The highest BCUT2D eigenvalue weighted by Gasteiger charge is 2.18. The molecule has 1 amide bonds. The summed E-state index contributed by atoms with van der Waals surface area (Å²) >= 11 is 0. The molecule has 0 aliphatic carbocycles. The van der Waals surface area contributed by atoms with Crippen molar-refractivity contribution in [3.05, 3.63) is 74.9 Å². The highest BCUT2D eigenvalue weighted by atomic mass is 16.2. The molecule has 6 nitrogen and oxygen atoms in total. The predicted molar refractivity (Wildman–Crippen MR) is 121 cm³/mol. The van der Waals surface area contributed by atoms with Gasteiger partial charge in [0.05, 0.1) is 10.9 Å². The molecule has 158 valence electrons. The van der Waals surface area contributed by atoms with Gasteiger partial charge in [-0.2, -0.15) is 0 Å². The molecule has 0 spiro atoms. The summed E-state index contributed by atoms with van der Waals surface area (Å²) in [7, 11) is 0. The molecule has 6 heteroatoms. The quantitative estimate of drug-likeness (QED) is 0.611. The maximum absolute atomic E-state index is 13.1. The molecule has 3 aromatic rings. The molecule has 0 bridgehead atoms. The van der Waals surface area contributed by atoms with E-state index in [0.717, 1.165) is 19.3 Å². The first-order valence-corrected chi connectivity index (χ1v) is 10.6. The van der Waals surface area contributed by atoms with E-state index < -0.39 is 5.69 Å². The topological polar surface area (TPSA) is 73.1 Å². The first kappa shape index (κ1) is 21.6. The minimum absolute atomic E-state index is 0.159. The van der Waals surface area contributed by atoms with Crippen LogP contribution in [0.5, 0.6) is 0 Å². The third-order valence-electron chi connectivity index (χ3n) is 5.47. The Kier molecular flexibility index (Phi) is 6.87. The molecule has 0 saturated heterocycles. The predicted octanol–water partition coefficient (Wildman–Crippen LogP) is 4.12. The summed E-state index contributed by atoms with van der Waals surface area (Å²) in [5.41, 5.74) is 1.62. The Labute approximate surface area is 176 Å². The van der Waals surface area contributed by atoms with Crippen LogP contribution < -0.4 is 16.6 Å². The lowest BCUT2D eigenvalue weighted by molar-refractivity contribution is -0.116. The molecule has 1 N–H and O–H groups in total. The van der Waals surface area contributed by atoms with Crippen molar-refractivity contribution in [1.82, 2.24) is 9.13 Å². The number of benzene rings is 2. The number of anilines is 1. The van der Waals surface area contributed by atoms with Crippen LogP contribution in [0.1, 0.15) is 51.6 Å². The Balaban J connectivity index is 1.90. The van der Waals surface area contributed by atoms with E-state index in [1.165, 1.54) is 14.7 Å². The second-order valence-corrected chi connectivity index (χ2v) is 7.67. The number of hydrogen-bond acceptors (Lipinski definition) is 3. The van der Waals surface area contributed by atoms with Crippen LogP contribution in [-0.2, 0) is 17.8 Å². The smallest absolute Gasteiger partial charge is 0.325 e. The van der Waals surface area contributed by atoms with Crippen molar-refractivity contribution in [2.75, 3.05) is 5.32 Å². The van der Waals surface area contributed by atoms with Gasteiger partial charge in [-0.15, -0.1) is 0 Å². The number of carbonyl (C=O) groups is 1. The van der Waals surface area contributed by atoms with Gasteiger partial charge in [-0.25, -0.2) is 4.79 Å². The first-order chi connectivity index (χ1) is 14.5. The number of amides is 1. The van der Waals surface area contributed by atoms with Crippen molar-refractivity contribution < 1.29 is 4.79 Å². The Morgan fingerprint density at radius 2 is 1.73 bits per heavy atom. The van der Waals surface area contributed by atoms with Crippen LogP contribution in [0.25, 0.3) is 10.9 Å². The zero-order chi connectivity index (χ0) is 21.7. The van der Waals surface area contributed by atoms with E-state index in [1.54, 1.807) is 24.3 Å². The number of aryl methyl sites for hydroxylation is 1. The van der Waals surface area contributed by atoms with Gasteiger partial charge in [-0.1, -0.05) is 44.5 Å². The van der Waals surface area contributed by atoms with Crippen LogP contribution in [0.3, 0.4) is 0 Å². The van der Waals surface area contributed by atoms with Gasteiger partial charge in [0.15, 0.2) is 0 Å². The Morgan fingerprint density at radius 3 is 2.40 bits per heavy atom. The number of aromatic nitrogens is 2. The average molecular weight is 408 g/mol. The van der Waals surface area contributed by atoms with Gasteiger partial charge in [0.1, 0.15) is 6.54 Å². The van der Waals surface area contributed by atoms with Gasteiger partial charge < -0.3 is 5.32 Å². The van der Waals surface area contributed by atoms with Crippen LogP contribution in [-0.4, -0.2) is 15.0 Å². The maximum Gasteiger partial charge on any atom is 0.332 e. The van der Waals surface area contributed by atoms with Crippen molar-refractivity contribution in [3.8, 4) is 0 Å². The Bertz CT molecular complexity index is 1140. The molecule has 1 atom stereocenters. The van der Waals surface area contributed by atoms with Crippen molar-refractivity contribution >= 4 is 22.5 Å². The lowest BCUT2D eigenvalue weighted by Gasteiger charge is -2.17. The normalized spacial score (nSPS) is 12.1. The third kappa shape index (κ3) is 4.53. The molecular weight excluding hydrogens is 378 g/mol. The van der Waals surface area contributed by atoms with Gasteiger partial charge in [-0.05, 0) is 56.0 Å². The molecule has 3 rings (SSSR count). The molecule has 0 aliphatic heterocycles. The minimum Gasteiger partial charge on any atom is -0.325 e. The number of nitrogens with zero attached hydrogens (tertiary/aromatic N) is 2. The zero-order valence-corrected chi connectivity index (χ0v) is 17.9. The highest BCUT2D eigenvalue weighted by Crippen LogP contribution is 2.14. The number of carbonyl (C=O) groups excluding carboxylic acids is 1. The van der Waals surface area contributed by atoms with E-state index in [2.05, 4.69) is 12.2 Å². The molecule has 30 heavy (non-hydrogen) atoms. The number of nitrogens with one attached hydrogen (secondary N) is 1. The fraction of sp³-hybridized carbons (Fsp3) is 0.375. The highest BCUT2D eigenvalue weighted by molar-refractivity contribution is 5.91. The summed E-state index contributed by atoms with van der Waals surface area (Å²) in [5, 5.41) is 3.29. The van der Waals surface area contributed by atoms with Crippen molar-refractivity contribution in [2.24, 2.45) is 0 Å². The number of fused-ring (bicyclic) bond motifs is 1. The lowest BCUT2D eigenvalue weighted by atomic mass is 10.1. The van der Waals surface area contributed by atoms with E-state index in [9.17, 15) is 14.4 Å². The van der Waals surface area contributed by atoms with E-state index in [-0.39, 0.29) is 24.1 Å². The largest absolute Gasteiger partial charge is 0.332 e. The van der Waals surface area contributed by atoms with Gasteiger partial charge in [0.25, 0.3) is 5.56 Å². The van der Waals surface area contributed by atoms with Crippen LogP contribution >= 0.6 is 0 Å². The van der Waals surface area contributed by atoms with Gasteiger partial charge >= 0.3 is 5.69 Å². The van der Waals surface area contributed by atoms with Gasteiger partial charge in [0.2, 0.25) is 5.91 Å². The molecule has 2 aromatic carbocycles. The number of para-hydroxylation sites is 1. The summed E-state index contributed by atoms with van der Waals surface area (Å²) in [6.45, 7) is 5.76. The number of rotatable bonds is 8. The fourth-order valence-electron chi connectivity index (χ4n) is 3.54. The van der Waals surface area contributed by atoms with Gasteiger partial charge in [0, 0.05) is 11.7 Å². The summed E-state index contributed by atoms with van der Waals surface area (Å²) in [5.74, 6) is -0.307. The first-order valence-electron chi connectivity index (χ1n) is 10.6. The lowest BCUT2D eigenvalue weighted by Crippen LogP contribution is -2.43. The van der Waals surface area contributed by atoms with Crippen LogP contribution in [0.2, 0.25) is 0 Å².